The Hall–Kier alpha value is -4.68. The number of primary amides is 1. The first-order chi connectivity index (χ1) is 18.8. The van der Waals surface area contributed by atoms with Crippen LogP contribution >= 0.6 is 0 Å². The summed E-state index contributed by atoms with van der Waals surface area (Å²) in [7, 11) is 0. The molecule has 40 heavy (non-hydrogen) atoms. The van der Waals surface area contributed by atoms with Crippen LogP contribution in [0.3, 0.4) is 0 Å². The van der Waals surface area contributed by atoms with E-state index < -0.39 is 59.3 Å². The lowest BCUT2D eigenvalue weighted by atomic mass is 9.94. The summed E-state index contributed by atoms with van der Waals surface area (Å²) in [5.74, 6) is -4.37. The van der Waals surface area contributed by atoms with Crippen LogP contribution in [0.4, 0.5) is 26.3 Å². The molecular formula is C27H21F6N5O2. The van der Waals surface area contributed by atoms with Gasteiger partial charge in [0.25, 0.3) is 5.91 Å². The molecule has 1 atom stereocenters. The summed E-state index contributed by atoms with van der Waals surface area (Å²) in [5.41, 5.74) is 4.52. The molecule has 2 heterocycles. The Bertz CT molecular complexity index is 1560. The summed E-state index contributed by atoms with van der Waals surface area (Å²) in [6, 6.07) is 8.41. The fourth-order valence-corrected chi connectivity index (χ4v) is 4.27. The minimum absolute atomic E-state index is 0.144. The van der Waals surface area contributed by atoms with Crippen LogP contribution in [0.1, 0.15) is 38.9 Å². The number of carbonyl (C=O) groups is 2. The van der Waals surface area contributed by atoms with Crippen LogP contribution in [0.2, 0.25) is 0 Å². The van der Waals surface area contributed by atoms with E-state index >= 15 is 0 Å². The highest BCUT2D eigenvalue weighted by molar-refractivity contribution is 5.94. The molecule has 0 bridgehead atoms. The maximum Gasteiger partial charge on any atom is 0.435 e. The van der Waals surface area contributed by atoms with Gasteiger partial charge in [-0.1, -0.05) is 12.1 Å². The molecule has 0 saturated carbocycles. The lowest BCUT2D eigenvalue weighted by Gasteiger charge is -2.22. The van der Waals surface area contributed by atoms with Crippen LogP contribution in [0, 0.1) is 24.4 Å². The number of hydrogen-bond acceptors (Lipinski definition) is 4. The predicted molar refractivity (Wildman–Crippen MR) is 131 cm³/mol. The normalized spacial score (nSPS) is 12.3. The van der Waals surface area contributed by atoms with Crippen LogP contribution in [-0.4, -0.2) is 26.6 Å². The van der Waals surface area contributed by atoms with Gasteiger partial charge in [0.15, 0.2) is 5.69 Å². The van der Waals surface area contributed by atoms with Gasteiger partial charge in [-0.3, -0.25) is 19.3 Å². The fraction of sp³-hybridized carbons (Fsp3) is 0.185. The Morgan fingerprint density at radius 2 is 1.75 bits per heavy atom. The number of carbonyl (C=O) groups excluding carboxylic acids is 2. The zero-order valence-corrected chi connectivity index (χ0v) is 20.8. The number of halogens is 6. The molecule has 0 aliphatic carbocycles. The van der Waals surface area contributed by atoms with E-state index in [9.17, 15) is 35.9 Å². The highest BCUT2D eigenvalue weighted by Gasteiger charge is 2.36. The van der Waals surface area contributed by atoms with E-state index in [0.29, 0.717) is 17.2 Å². The number of nitrogens with two attached hydrogens (primary N) is 1. The number of nitrogens with one attached hydrogen (secondary N) is 1. The number of rotatable bonds is 8. The van der Waals surface area contributed by atoms with Gasteiger partial charge in [-0.25, -0.2) is 13.2 Å². The van der Waals surface area contributed by atoms with Crippen molar-refractivity contribution in [2.24, 2.45) is 5.73 Å². The number of pyridine rings is 1. The van der Waals surface area contributed by atoms with E-state index in [2.05, 4.69) is 15.4 Å². The summed E-state index contributed by atoms with van der Waals surface area (Å²) >= 11 is 0. The number of benzene rings is 2. The molecule has 7 nitrogen and oxygen atoms in total. The predicted octanol–water partition coefficient (Wildman–Crippen LogP) is 4.89. The topological polar surface area (TPSA) is 103 Å². The second kappa shape index (κ2) is 11.2. The lowest BCUT2D eigenvalue weighted by molar-refractivity contribution is -0.142. The van der Waals surface area contributed by atoms with Crippen molar-refractivity contribution in [3.05, 3.63) is 106 Å². The van der Waals surface area contributed by atoms with Gasteiger partial charge in [0.05, 0.1) is 17.3 Å². The summed E-state index contributed by atoms with van der Waals surface area (Å²) in [6.45, 7) is 0.601. The van der Waals surface area contributed by atoms with Gasteiger partial charge in [-0.05, 0) is 60.4 Å². The van der Waals surface area contributed by atoms with E-state index in [1.165, 1.54) is 31.3 Å². The average Bonchev–Trinajstić information content (AvgIpc) is 3.23. The van der Waals surface area contributed by atoms with Crippen LogP contribution < -0.4 is 11.1 Å². The van der Waals surface area contributed by atoms with Gasteiger partial charge in [-0.15, -0.1) is 0 Å². The van der Waals surface area contributed by atoms with Gasteiger partial charge >= 0.3 is 6.18 Å². The largest absolute Gasteiger partial charge is 0.435 e. The molecule has 0 radical (unpaired) electrons. The smallest absolute Gasteiger partial charge is 0.366 e. The van der Waals surface area contributed by atoms with Crippen LogP contribution in [-0.2, 0) is 23.9 Å². The van der Waals surface area contributed by atoms with Crippen molar-refractivity contribution in [1.29, 1.82) is 0 Å². The van der Waals surface area contributed by atoms with Crippen LogP contribution in [0.5, 0.6) is 0 Å². The fourth-order valence-electron chi connectivity index (χ4n) is 4.27. The van der Waals surface area contributed by atoms with Crippen LogP contribution in [0.15, 0.2) is 60.9 Å². The third-order valence-corrected chi connectivity index (χ3v) is 5.93. The van der Waals surface area contributed by atoms with E-state index in [1.54, 1.807) is 6.07 Å². The van der Waals surface area contributed by atoms with E-state index in [4.69, 9.17) is 5.73 Å². The SMILES string of the molecule is Cc1cn(CC(=O)N[C@@H](Cc2cc(F)cc(F)c2)c2ncccc2-c2ccc(F)c(C(N)=O)c2)nc1C(F)(F)F. The van der Waals surface area contributed by atoms with E-state index in [0.717, 1.165) is 29.1 Å². The molecule has 0 spiro atoms. The highest BCUT2D eigenvalue weighted by atomic mass is 19.4. The molecular weight excluding hydrogens is 540 g/mol. The number of aryl methyl sites for hydroxylation is 1. The number of aromatic nitrogens is 3. The number of nitrogens with zero attached hydrogens (tertiary/aromatic N) is 3. The van der Waals surface area contributed by atoms with Gasteiger partial charge < -0.3 is 11.1 Å². The quantitative estimate of drug-likeness (QED) is 0.299. The maximum absolute atomic E-state index is 14.1. The van der Waals surface area contributed by atoms with Crippen molar-refractivity contribution in [3.63, 3.8) is 0 Å². The second-order valence-electron chi connectivity index (χ2n) is 8.95. The number of amides is 2. The second-order valence-corrected chi connectivity index (χ2v) is 8.95. The van der Waals surface area contributed by atoms with Crippen molar-refractivity contribution >= 4 is 11.8 Å². The highest BCUT2D eigenvalue weighted by Crippen LogP contribution is 2.31. The molecule has 4 aromatic rings. The Kier molecular flexibility index (Phi) is 7.93. The molecule has 208 valence electrons. The van der Waals surface area contributed by atoms with E-state index in [1.807, 2.05) is 0 Å². The van der Waals surface area contributed by atoms with Crippen molar-refractivity contribution in [2.75, 3.05) is 0 Å². The first-order valence-corrected chi connectivity index (χ1v) is 11.7. The molecule has 0 fully saturated rings. The number of alkyl halides is 3. The molecule has 3 N–H and O–H groups in total. The third-order valence-electron chi connectivity index (χ3n) is 5.93. The summed E-state index contributed by atoms with van der Waals surface area (Å²) in [5, 5.41) is 6.09. The van der Waals surface area contributed by atoms with Gasteiger partial charge in [-0.2, -0.15) is 18.3 Å². The first kappa shape index (κ1) is 28.3. The minimum Gasteiger partial charge on any atom is -0.366 e. The monoisotopic (exact) mass is 561 g/mol. The van der Waals surface area contributed by atoms with Gasteiger partial charge in [0, 0.05) is 24.0 Å². The third kappa shape index (κ3) is 6.47. The van der Waals surface area contributed by atoms with Crippen molar-refractivity contribution in [1.82, 2.24) is 20.1 Å². The summed E-state index contributed by atoms with van der Waals surface area (Å²) in [4.78, 5) is 29.0. The molecule has 0 aliphatic heterocycles. The Morgan fingerprint density at radius 3 is 2.38 bits per heavy atom. The molecule has 0 saturated heterocycles. The Balaban J connectivity index is 1.72. The average molecular weight is 561 g/mol. The summed E-state index contributed by atoms with van der Waals surface area (Å²) in [6.07, 6.45) is -2.44. The molecule has 4 rings (SSSR count). The molecule has 2 aromatic carbocycles. The van der Waals surface area contributed by atoms with Crippen molar-refractivity contribution < 1.29 is 35.9 Å². The number of hydrogen-bond donors (Lipinski definition) is 2. The molecule has 2 amide bonds. The standard InChI is InChI=1S/C27H21F6N5O2/c1-14-12-38(37-25(14)27(31,32)33)13-23(39)36-22(9-15-7-17(28)11-18(29)8-15)24-19(3-2-6-35-24)16-4-5-21(30)20(10-16)26(34)40/h2-8,10-12,22H,9,13H2,1H3,(H2,34,40)(H,36,39)/t22-/m0/s1. The van der Waals surface area contributed by atoms with Crippen molar-refractivity contribution in [3.8, 4) is 11.1 Å². The first-order valence-electron chi connectivity index (χ1n) is 11.7. The van der Waals surface area contributed by atoms with Gasteiger partial charge in [0.1, 0.15) is 24.0 Å². The molecule has 0 unspecified atom stereocenters. The Labute approximate surface area is 223 Å². The minimum atomic E-state index is -4.71. The summed E-state index contributed by atoms with van der Waals surface area (Å²) < 4.78 is 82.3. The lowest BCUT2D eigenvalue weighted by Crippen LogP contribution is -2.34. The zero-order valence-electron chi connectivity index (χ0n) is 20.8. The van der Waals surface area contributed by atoms with Crippen molar-refractivity contribution in [2.45, 2.75) is 32.1 Å². The van der Waals surface area contributed by atoms with E-state index in [-0.39, 0.29) is 23.2 Å². The zero-order chi connectivity index (χ0) is 29.2. The maximum atomic E-state index is 14.1. The Morgan fingerprint density at radius 1 is 1.05 bits per heavy atom. The molecule has 0 aliphatic rings. The van der Waals surface area contributed by atoms with Gasteiger partial charge in [0.2, 0.25) is 5.91 Å². The van der Waals surface area contributed by atoms with Crippen LogP contribution in [0.25, 0.3) is 11.1 Å². The molecule has 13 heteroatoms. The molecule has 2 aromatic heterocycles.